The molecule has 6 aromatic rings. The van der Waals surface area contributed by atoms with E-state index in [1.54, 1.807) is 30.4 Å². The van der Waals surface area contributed by atoms with Crippen molar-refractivity contribution in [1.29, 1.82) is 0 Å². The van der Waals surface area contributed by atoms with Crippen LogP contribution in [0.4, 0.5) is 11.5 Å². The molecule has 0 saturated carbocycles. The number of hydrogen-bond acceptors (Lipinski definition) is 9. The third-order valence-electron chi connectivity index (χ3n) is 8.15. The standard InChI is InChI=1S/C31H31N9O3/c1-38-24(14-21-4-3-10-33-29(21)38)31(41)36-23-6-5-20(15-25(23)42-2)27-26-28(32)34-18-35-30(26)40(37-27)22-7-11-39(12-8-22)16-19-9-13-43-17-19/h3-6,9-10,13-15,17-18,22H,7-8,11-12,16H2,1-2H3,(H,36,41)(H2,32,34,35). The van der Waals surface area contributed by atoms with Crippen molar-refractivity contribution < 1.29 is 13.9 Å². The van der Waals surface area contributed by atoms with E-state index in [0.717, 1.165) is 49.1 Å². The first-order chi connectivity index (χ1) is 21.0. The topological polar surface area (TPSA) is 142 Å². The fraction of sp³-hybridized carbons (Fsp3) is 0.258. The number of anilines is 2. The number of nitrogens with two attached hydrogens (primary N) is 1. The molecule has 6 heterocycles. The molecular formula is C31H31N9O3. The maximum Gasteiger partial charge on any atom is 0.272 e. The summed E-state index contributed by atoms with van der Waals surface area (Å²) in [6, 6.07) is 13.3. The van der Waals surface area contributed by atoms with Gasteiger partial charge in [-0.15, -0.1) is 0 Å². The molecule has 1 aliphatic heterocycles. The van der Waals surface area contributed by atoms with Crippen molar-refractivity contribution in [2.45, 2.75) is 25.4 Å². The summed E-state index contributed by atoms with van der Waals surface area (Å²) in [7, 11) is 3.39. The molecule has 218 valence electrons. The average Bonchev–Trinajstić information content (AvgIpc) is 3.77. The van der Waals surface area contributed by atoms with Crippen molar-refractivity contribution in [2.24, 2.45) is 7.05 Å². The van der Waals surface area contributed by atoms with Gasteiger partial charge in [-0.3, -0.25) is 9.69 Å². The Kier molecular flexibility index (Phi) is 6.74. The predicted molar refractivity (Wildman–Crippen MR) is 163 cm³/mol. The number of pyridine rings is 1. The minimum atomic E-state index is -0.266. The van der Waals surface area contributed by atoms with Crippen molar-refractivity contribution in [3.8, 4) is 17.0 Å². The number of carbonyl (C=O) groups excluding carboxylic acids is 1. The minimum absolute atomic E-state index is 0.168. The molecule has 0 bridgehead atoms. The highest BCUT2D eigenvalue weighted by Gasteiger charge is 2.27. The number of piperidine rings is 1. The Labute approximate surface area is 247 Å². The Morgan fingerprint density at radius 3 is 2.74 bits per heavy atom. The fourth-order valence-corrected chi connectivity index (χ4v) is 5.92. The van der Waals surface area contributed by atoms with Crippen molar-refractivity contribution in [2.75, 3.05) is 31.2 Å². The SMILES string of the molecule is COc1cc(-c2nn(C3CCN(Cc4ccoc4)CC3)c3ncnc(N)c23)ccc1NC(=O)c1cc2cccnc2n1C. The van der Waals surface area contributed by atoms with E-state index in [1.807, 2.05) is 54.2 Å². The summed E-state index contributed by atoms with van der Waals surface area (Å²) in [5.41, 5.74) is 11.5. The second-order valence-electron chi connectivity index (χ2n) is 10.8. The molecule has 0 unspecified atom stereocenters. The molecular weight excluding hydrogens is 546 g/mol. The number of methoxy groups -OCH3 is 1. The van der Waals surface area contributed by atoms with Crippen LogP contribution in [0.15, 0.2) is 71.9 Å². The number of aryl methyl sites for hydroxylation is 1. The van der Waals surface area contributed by atoms with Crippen LogP contribution in [0.25, 0.3) is 33.3 Å². The van der Waals surface area contributed by atoms with Crippen LogP contribution in [0, 0.1) is 0 Å². The van der Waals surface area contributed by atoms with Crippen molar-refractivity contribution in [1.82, 2.24) is 34.2 Å². The van der Waals surface area contributed by atoms with Crippen molar-refractivity contribution in [3.05, 3.63) is 78.8 Å². The van der Waals surface area contributed by atoms with Crippen LogP contribution in [0.1, 0.15) is 34.9 Å². The number of aromatic nitrogens is 6. The van der Waals surface area contributed by atoms with Gasteiger partial charge in [-0.25, -0.2) is 19.6 Å². The lowest BCUT2D eigenvalue weighted by molar-refractivity contribution is 0.101. The molecule has 1 fully saturated rings. The number of nitrogen functional groups attached to an aromatic ring is 1. The number of likely N-dealkylation sites (tertiary alicyclic amines) is 1. The van der Waals surface area contributed by atoms with Crippen LogP contribution in [0.2, 0.25) is 0 Å². The zero-order chi connectivity index (χ0) is 29.5. The number of fused-ring (bicyclic) bond motifs is 2. The van der Waals surface area contributed by atoms with Gasteiger partial charge in [-0.1, -0.05) is 6.07 Å². The molecule has 12 nitrogen and oxygen atoms in total. The van der Waals surface area contributed by atoms with E-state index in [-0.39, 0.29) is 11.9 Å². The van der Waals surface area contributed by atoms with E-state index in [0.29, 0.717) is 39.7 Å². The monoisotopic (exact) mass is 577 g/mol. The zero-order valence-corrected chi connectivity index (χ0v) is 23.9. The Morgan fingerprint density at radius 1 is 1.12 bits per heavy atom. The molecule has 0 atom stereocenters. The number of rotatable bonds is 7. The summed E-state index contributed by atoms with van der Waals surface area (Å²) in [4.78, 5) is 28.9. The Morgan fingerprint density at radius 2 is 1.98 bits per heavy atom. The van der Waals surface area contributed by atoms with Crippen LogP contribution in [0.5, 0.6) is 5.75 Å². The fourth-order valence-electron chi connectivity index (χ4n) is 5.92. The van der Waals surface area contributed by atoms with Crippen molar-refractivity contribution in [3.63, 3.8) is 0 Å². The van der Waals surface area contributed by atoms with Crippen LogP contribution in [0.3, 0.4) is 0 Å². The summed E-state index contributed by atoms with van der Waals surface area (Å²) in [6.07, 6.45) is 8.55. The van der Waals surface area contributed by atoms with E-state index in [1.165, 1.54) is 11.9 Å². The maximum atomic E-state index is 13.3. The lowest BCUT2D eigenvalue weighted by atomic mass is 10.0. The predicted octanol–water partition coefficient (Wildman–Crippen LogP) is 4.65. The average molecular weight is 578 g/mol. The first kappa shape index (κ1) is 26.7. The molecule has 0 spiro atoms. The highest BCUT2D eigenvalue weighted by atomic mass is 16.5. The van der Waals surface area contributed by atoms with Gasteiger partial charge in [0.1, 0.15) is 34.9 Å². The van der Waals surface area contributed by atoms with Gasteiger partial charge in [-0.05, 0) is 49.2 Å². The molecule has 1 aromatic carbocycles. The molecule has 1 aliphatic rings. The molecule has 43 heavy (non-hydrogen) atoms. The quantitative estimate of drug-likeness (QED) is 0.277. The third-order valence-corrected chi connectivity index (χ3v) is 8.15. The highest BCUT2D eigenvalue weighted by molar-refractivity contribution is 6.07. The lowest BCUT2D eigenvalue weighted by Crippen LogP contribution is -2.34. The number of nitrogens with zero attached hydrogens (tertiary/aromatic N) is 7. The normalized spacial score (nSPS) is 14.5. The Balaban J connectivity index is 1.17. The lowest BCUT2D eigenvalue weighted by Gasteiger charge is -2.31. The van der Waals surface area contributed by atoms with Gasteiger partial charge in [0, 0.05) is 49.4 Å². The molecule has 5 aromatic heterocycles. The summed E-state index contributed by atoms with van der Waals surface area (Å²) in [5, 5.41) is 9.62. The van der Waals surface area contributed by atoms with Gasteiger partial charge in [0.2, 0.25) is 0 Å². The number of nitrogens with one attached hydrogen (secondary N) is 1. The van der Waals surface area contributed by atoms with Crippen LogP contribution in [-0.4, -0.2) is 60.3 Å². The third kappa shape index (κ3) is 4.85. The zero-order valence-electron chi connectivity index (χ0n) is 23.9. The van der Waals surface area contributed by atoms with Gasteiger partial charge < -0.3 is 24.8 Å². The van der Waals surface area contributed by atoms with Gasteiger partial charge in [0.05, 0.1) is 36.8 Å². The van der Waals surface area contributed by atoms with E-state index in [2.05, 4.69) is 25.2 Å². The Hall–Kier alpha value is -5.23. The maximum absolute atomic E-state index is 13.3. The van der Waals surface area contributed by atoms with Crippen LogP contribution in [-0.2, 0) is 13.6 Å². The van der Waals surface area contributed by atoms with Crippen LogP contribution >= 0.6 is 0 Å². The second-order valence-corrected chi connectivity index (χ2v) is 10.8. The van der Waals surface area contributed by atoms with E-state index in [9.17, 15) is 4.79 Å². The largest absolute Gasteiger partial charge is 0.495 e. The number of hydrogen-bond donors (Lipinski definition) is 2. The molecule has 1 saturated heterocycles. The van der Waals surface area contributed by atoms with Gasteiger partial charge in [-0.2, -0.15) is 5.10 Å². The van der Waals surface area contributed by atoms with Crippen molar-refractivity contribution >= 4 is 39.5 Å². The number of ether oxygens (including phenoxy) is 1. The number of benzene rings is 1. The molecule has 12 heteroatoms. The highest BCUT2D eigenvalue weighted by Crippen LogP contribution is 2.37. The molecule has 3 N–H and O–H groups in total. The minimum Gasteiger partial charge on any atom is -0.495 e. The summed E-state index contributed by atoms with van der Waals surface area (Å²) < 4.78 is 14.7. The summed E-state index contributed by atoms with van der Waals surface area (Å²) in [6.45, 7) is 2.73. The first-order valence-corrected chi connectivity index (χ1v) is 14.1. The molecule has 1 amide bonds. The number of carbonyl (C=O) groups is 1. The molecule has 0 radical (unpaired) electrons. The molecule has 0 aliphatic carbocycles. The van der Waals surface area contributed by atoms with E-state index >= 15 is 0 Å². The van der Waals surface area contributed by atoms with Crippen LogP contribution < -0.4 is 15.8 Å². The second kappa shape index (κ2) is 10.9. The van der Waals surface area contributed by atoms with E-state index in [4.69, 9.17) is 20.0 Å². The summed E-state index contributed by atoms with van der Waals surface area (Å²) >= 11 is 0. The van der Waals surface area contributed by atoms with Gasteiger partial charge >= 0.3 is 0 Å². The first-order valence-electron chi connectivity index (χ1n) is 14.1. The Bertz CT molecular complexity index is 1940. The van der Waals surface area contributed by atoms with Gasteiger partial charge in [0.15, 0.2) is 5.65 Å². The number of furan rings is 1. The molecule has 7 rings (SSSR count). The number of amides is 1. The summed E-state index contributed by atoms with van der Waals surface area (Å²) in [5.74, 6) is 0.593. The van der Waals surface area contributed by atoms with E-state index < -0.39 is 0 Å². The van der Waals surface area contributed by atoms with Gasteiger partial charge in [0.25, 0.3) is 5.91 Å². The smallest absolute Gasteiger partial charge is 0.272 e.